The van der Waals surface area contributed by atoms with Gasteiger partial charge in [0.15, 0.2) is 16.6 Å². The average molecular weight is 369 g/mol. The number of hydrogen-bond acceptors (Lipinski definition) is 6. The van der Waals surface area contributed by atoms with E-state index >= 15 is 0 Å². The monoisotopic (exact) mass is 369 g/mol. The van der Waals surface area contributed by atoms with Crippen molar-refractivity contribution in [2.45, 2.75) is 20.5 Å². The highest BCUT2D eigenvalue weighted by Crippen LogP contribution is 2.30. The van der Waals surface area contributed by atoms with Crippen LogP contribution >= 0.6 is 11.3 Å². The second-order valence-electron chi connectivity index (χ2n) is 5.49. The third-order valence-electron chi connectivity index (χ3n) is 3.49. The van der Waals surface area contributed by atoms with Crippen molar-refractivity contribution in [3.05, 3.63) is 64.9 Å². The number of nitrogens with zero attached hydrogens (tertiary/aromatic N) is 2. The Morgan fingerprint density at radius 2 is 1.96 bits per heavy atom. The number of benzene rings is 1. The van der Waals surface area contributed by atoms with E-state index in [1.165, 1.54) is 11.3 Å². The minimum Gasteiger partial charge on any atom is -0.490 e. The van der Waals surface area contributed by atoms with E-state index < -0.39 is 0 Å². The number of carbonyl (C=O) groups excluding carboxylic acids is 1. The van der Waals surface area contributed by atoms with E-state index in [1.54, 1.807) is 30.6 Å². The van der Waals surface area contributed by atoms with Gasteiger partial charge < -0.3 is 9.47 Å². The first kappa shape index (κ1) is 17.9. The van der Waals surface area contributed by atoms with Gasteiger partial charge in [-0.15, -0.1) is 11.3 Å². The standard InChI is InChI=1S/C19H19N3O3S/c1-3-24-17-10-15(18(23)22-19-21-13(2)12-26-19)4-5-16(17)25-11-14-6-8-20-9-7-14/h4-10,12H,3,11H2,1-2H3,(H,21,22,23). The van der Waals surface area contributed by atoms with Gasteiger partial charge in [-0.1, -0.05) is 0 Å². The Kier molecular flexibility index (Phi) is 5.80. The first-order chi connectivity index (χ1) is 12.7. The number of thiazole rings is 1. The Balaban J connectivity index is 1.74. The zero-order valence-electron chi connectivity index (χ0n) is 14.6. The van der Waals surface area contributed by atoms with Crippen LogP contribution in [0.4, 0.5) is 5.13 Å². The lowest BCUT2D eigenvalue weighted by Gasteiger charge is -2.13. The van der Waals surface area contributed by atoms with E-state index in [0.29, 0.717) is 35.4 Å². The fraction of sp³-hybridized carbons (Fsp3) is 0.211. The second-order valence-corrected chi connectivity index (χ2v) is 6.34. The molecule has 2 aromatic heterocycles. The van der Waals surface area contributed by atoms with Gasteiger partial charge in [0.25, 0.3) is 5.91 Å². The minimum atomic E-state index is -0.235. The highest BCUT2D eigenvalue weighted by Gasteiger charge is 2.13. The number of nitrogens with one attached hydrogen (secondary N) is 1. The molecule has 0 radical (unpaired) electrons. The van der Waals surface area contributed by atoms with Crippen LogP contribution in [0.25, 0.3) is 0 Å². The molecule has 0 aliphatic rings. The summed E-state index contributed by atoms with van der Waals surface area (Å²) >= 11 is 1.39. The van der Waals surface area contributed by atoms with Crippen molar-refractivity contribution < 1.29 is 14.3 Å². The van der Waals surface area contributed by atoms with E-state index in [2.05, 4.69) is 15.3 Å². The number of hydrogen-bond donors (Lipinski definition) is 1. The van der Waals surface area contributed by atoms with Gasteiger partial charge in [-0.2, -0.15) is 0 Å². The Hall–Kier alpha value is -2.93. The zero-order valence-corrected chi connectivity index (χ0v) is 15.4. The Labute approximate surface area is 155 Å². The summed E-state index contributed by atoms with van der Waals surface area (Å²) in [6, 6.07) is 8.91. The molecule has 0 bridgehead atoms. The van der Waals surface area contributed by atoms with Crippen molar-refractivity contribution in [3.8, 4) is 11.5 Å². The molecule has 6 nitrogen and oxygen atoms in total. The number of anilines is 1. The van der Waals surface area contributed by atoms with Crippen LogP contribution < -0.4 is 14.8 Å². The van der Waals surface area contributed by atoms with Crippen LogP contribution in [0.1, 0.15) is 28.5 Å². The molecule has 0 unspecified atom stereocenters. The second kappa shape index (κ2) is 8.44. The van der Waals surface area contributed by atoms with Crippen molar-refractivity contribution in [2.75, 3.05) is 11.9 Å². The smallest absolute Gasteiger partial charge is 0.257 e. The highest BCUT2D eigenvalue weighted by atomic mass is 32.1. The zero-order chi connectivity index (χ0) is 18.4. The Morgan fingerprint density at radius 3 is 2.65 bits per heavy atom. The normalized spacial score (nSPS) is 10.4. The highest BCUT2D eigenvalue weighted by molar-refractivity contribution is 7.13. The summed E-state index contributed by atoms with van der Waals surface area (Å²) in [6.45, 7) is 4.64. The molecule has 1 aromatic carbocycles. The van der Waals surface area contributed by atoms with Crippen molar-refractivity contribution in [1.29, 1.82) is 0 Å². The van der Waals surface area contributed by atoms with Gasteiger partial charge in [-0.3, -0.25) is 15.1 Å². The molecule has 2 heterocycles. The number of pyridine rings is 1. The number of aromatic nitrogens is 2. The molecule has 1 N–H and O–H groups in total. The van der Waals surface area contributed by atoms with Crippen molar-refractivity contribution in [3.63, 3.8) is 0 Å². The topological polar surface area (TPSA) is 73.3 Å². The molecule has 0 saturated heterocycles. The van der Waals surface area contributed by atoms with Crippen LogP contribution in [-0.2, 0) is 6.61 Å². The molecule has 26 heavy (non-hydrogen) atoms. The number of carbonyl (C=O) groups is 1. The first-order valence-corrected chi connectivity index (χ1v) is 9.05. The van der Waals surface area contributed by atoms with Gasteiger partial charge in [0.05, 0.1) is 12.3 Å². The summed E-state index contributed by atoms with van der Waals surface area (Å²) in [5.74, 6) is 0.885. The third-order valence-corrected chi connectivity index (χ3v) is 4.36. The molecule has 3 rings (SSSR count). The molecular weight excluding hydrogens is 350 g/mol. The van der Waals surface area contributed by atoms with E-state index in [4.69, 9.17) is 9.47 Å². The number of amides is 1. The van der Waals surface area contributed by atoms with Gasteiger partial charge in [-0.25, -0.2) is 4.98 Å². The Bertz CT molecular complexity index is 881. The molecule has 0 saturated carbocycles. The SMILES string of the molecule is CCOc1cc(C(=O)Nc2nc(C)cs2)ccc1OCc1ccncc1. The molecule has 0 atom stereocenters. The maximum absolute atomic E-state index is 12.4. The lowest BCUT2D eigenvalue weighted by atomic mass is 10.2. The lowest BCUT2D eigenvalue weighted by Crippen LogP contribution is -2.12. The van der Waals surface area contributed by atoms with Crippen molar-refractivity contribution in [1.82, 2.24) is 9.97 Å². The quantitative estimate of drug-likeness (QED) is 0.679. The fourth-order valence-corrected chi connectivity index (χ4v) is 2.94. The van der Waals surface area contributed by atoms with Crippen molar-refractivity contribution in [2.24, 2.45) is 0 Å². The van der Waals surface area contributed by atoms with E-state index in [-0.39, 0.29) is 5.91 Å². The minimum absolute atomic E-state index is 0.235. The number of rotatable bonds is 7. The van der Waals surface area contributed by atoms with E-state index in [0.717, 1.165) is 11.3 Å². The summed E-state index contributed by atoms with van der Waals surface area (Å²) in [4.78, 5) is 20.6. The van der Waals surface area contributed by atoms with E-state index in [9.17, 15) is 4.79 Å². The van der Waals surface area contributed by atoms with E-state index in [1.807, 2.05) is 31.4 Å². The predicted octanol–water partition coefficient (Wildman–Crippen LogP) is 4.08. The van der Waals surface area contributed by atoms with Crippen LogP contribution in [0, 0.1) is 6.92 Å². The van der Waals surface area contributed by atoms with Gasteiger partial charge in [0.1, 0.15) is 6.61 Å². The lowest BCUT2D eigenvalue weighted by molar-refractivity contribution is 0.102. The van der Waals surface area contributed by atoms with Gasteiger partial charge in [-0.05, 0) is 49.7 Å². The van der Waals surface area contributed by atoms with Crippen LogP contribution in [0.2, 0.25) is 0 Å². The average Bonchev–Trinajstić information content (AvgIpc) is 3.06. The summed E-state index contributed by atoms with van der Waals surface area (Å²) in [5, 5.41) is 5.25. The molecular formula is C19H19N3O3S. The first-order valence-electron chi connectivity index (χ1n) is 8.17. The number of aryl methyl sites for hydroxylation is 1. The summed E-state index contributed by atoms with van der Waals surface area (Å²) in [7, 11) is 0. The van der Waals surface area contributed by atoms with Gasteiger partial charge in [0.2, 0.25) is 0 Å². The molecule has 0 spiro atoms. The third kappa shape index (κ3) is 4.58. The Morgan fingerprint density at radius 1 is 1.15 bits per heavy atom. The molecule has 0 fully saturated rings. The summed E-state index contributed by atoms with van der Waals surface area (Å²) in [6.07, 6.45) is 3.44. The maximum Gasteiger partial charge on any atom is 0.257 e. The van der Waals surface area contributed by atoms with Crippen LogP contribution in [0.5, 0.6) is 11.5 Å². The molecule has 7 heteroatoms. The molecule has 134 valence electrons. The van der Waals surface area contributed by atoms with Gasteiger partial charge >= 0.3 is 0 Å². The number of ether oxygens (including phenoxy) is 2. The molecule has 0 aliphatic carbocycles. The summed E-state index contributed by atoms with van der Waals surface area (Å²) in [5.41, 5.74) is 2.36. The van der Waals surface area contributed by atoms with Crippen LogP contribution in [0.15, 0.2) is 48.1 Å². The fourth-order valence-electron chi connectivity index (χ4n) is 2.26. The van der Waals surface area contributed by atoms with Crippen molar-refractivity contribution >= 4 is 22.4 Å². The largest absolute Gasteiger partial charge is 0.490 e. The molecule has 0 aliphatic heterocycles. The molecule has 1 amide bonds. The predicted molar refractivity (Wildman–Crippen MR) is 101 cm³/mol. The van der Waals surface area contributed by atoms with Crippen LogP contribution in [0.3, 0.4) is 0 Å². The van der Waals surface area contributed by atoms with Gasteiger partial charge in [0, 0.05) is 23.3 Å². The molecule has 3 aromatic rings. The van der Waals surface area contributed by atoms with Crippen LogP contribution in [-0.4, -0.2) is 22.5 Å². The maximum atomic E-state index is 12.4. The summed E-state index contributed by atoms with van der Waals surface area (Å²) < 4.78 is 11.5.